The third-order valence-corrected chi connectivity index (χ3v) is 6.90. The summed E-state index contributed by atoms with van der Waals surface area (Å²) in [5.74, 6) is 0.179. The van der Waals surface area contributed by atoms with Gasteiger partial charge in [0.2, 0.25) is 11.8 Å². The van der Waals surface area contributed by atoms with Crippen LogP contribution in [0.3, 0.4) is 0 Å². The molecule has 29 heavy (non-hydrogen) atoms. The maximum absolute atomic E-state index is 14.3. The van der Waals surface area contributed by atoms with Crippen LogP contribution < -0.4 is 0 Å². The van der Waals surface area contributed by atoms with Crippen molar-refractivity contribution >= 4 is 0 Å². The van der Waals surface area contributed by atoms with Crippen molar-refractivity contribution in [2.45, 2.75) is 57.8 Å². The highest BCUT2D eigenvalue weighted by Crippen LogP contribution is 2.69. The highest BCUT2D eigenvalue weighted by Gasteiger charge is 2.67. The molecule has 2 bridgehead atoms. The van der Waals surface area contributed by atoms with E-state index in [1.54, 1.807) is 6.07 Å². The molecule has 1 fully saturated rings. The molecule has 2 aromatic heterocycles. The van der Waals surface area contributed by atoms with E-state index in [2.05, 4.69) is 34.2 Å². The average molecular weight is 396 g/mol. The van der Waals surface area contributed by atoms with E-state index in [0.29, 0.717) is 11.8 Å². The summed E-state index contributed by atoms with van der Waals surface area (Å²) in [4.78, 5) is 0. The minimum Gasteiger partial charge on any atom is -0.424 e. The Hall–Kier alpha value is -2.70. The number of halogens is 2. The van der Waals surface area contributed by atoms with Gasteiger partial charge in [0.1, 0.15) is 11.6 Å². The van der Waals surface area contributed by atoms with E-state index in [4.69, 9.17) is 4.42 Å². The SMILES string of the molecule is CC(C)c1nnc([C@@]23CC[C@@H](c4cc(-c5c(F)cccc5F)nnc42)C3(C)C)o1. The molecule has 5 nitrogen and oxygen atoms in total. The predicted octanol–water partition coefficient (Wildman–Crippen LogP) is 5.13. The third kappa shape index (κ3) is 2.24. The van der Waals surface area contributed by atoms with Crippen LogP contribution in [0.4, 0.5) is 8.78 Å². The Morgan fingerprint density at radius 2 is 1.79 bits per heavy atom. The van der Waals surface area contributed by atoms with Gasteiger partial charge in [-0.15, -0.1) is 15.3 Å². The van der Waals surface area contributed by atoms with Crippen LogP contribution in [0.2, 0.25) is 0 Å². The summed E-state index contributed by atoms with van der Waals surface area (Å²) in [6.45, 7) is 8.37. The minimum atomic E-state index is -0.644. The second-order valence-electron chi connectivity index (χ2n) is 8.95. The van der Waals surface area contributed by atoms with E-state index in [1.165, 1.54) is 18.2 Å². The molecule has 0 radical (unpaired) electrons. The van der Waals surface area contributed by atoms with Crippen molar-refractivity contribution in [1.82, 2.24) is 20.4 Å². The summed E-state index contributed by atoms with van der Waals surface area (Å²) in [7, 11) is 0. The lowest BCUT2D eigenvalue weighted by Crippen LogP contribution is -2.37. The number of benzene rings is 1. The molecule has 0 aliphatic heterocycles. The van der Waals surface area contributed by atoms with Crippen LogP contribution in [0, 0.1) is 17.0 Å². The number of aromatic nitrogens is 4. The molecule has 0 unspecified atom stereocenters. The molecule has 2 aliphatic carbocycles. The van der Waals surface area contributed by atoms with E-state index in [0.717, 1.165) is 24.1 Å². The minimum absolute atomic E-state index is 0.131. The lowest BCUT2D eigenvalue weighted by Gasteiger charge is -2.34. The lowest BCUT2D eigenvalue weighted by atomic mass is 9.68. The number of rotatable bonds is 3. The maximum Gasteiger partial charge on any atom is 0.229 e. The van der Waals surface area contributed by atoms with Gasteiger partial charge in [0.05, 0.1) is 22.4 Å². The highest BCUT2D eigenvalue weighted by molar-refractivity contribution is 5.63. The van der Waals surface area contributed by atoms with Gasteiger partial charge < -0.3 is 4.42 Å². The Balaban J connectivity index is 1.70. The van der Waals surface area contributed by atoms with Gasteiger partial charge in [-0.25, -0.2) is 8.78 Å². The average Bonchev–Trinajstić information content (AvgIpc) is 3.30. The Kier molecular flexibility index (Phi) is 3.73. The molecule has 150 valence electrons. The summed E-state index contributed by atoms with van der Waals surface area (Å²) in [5.41, 5.74) is 1.07. The largest absolute Gasteiger partial charge is 0.424 e. The van der Waals surface area contributed by atoms with E-state index < -0.39 is 17.0 Å². The quantitative estimate of drug-likeness (QED) is 0.614. The van der Waals surface area contributed by atoms with Gasteiger partial charge in [0, 0.05) is 5.92 Å². The van der Waals surface area contributed by atoms with Gasteiger partial charge >= 0.3 is 0 Å². The van der Waals surface area contributed by atoms with E-state index in [-0.39, 0.29) is 28.5 Å². The first kappa shape index (κ1) is 18.3. The van der Waals surface area contributed by atoms with Crippen LogP contribution in [0.15, 0.2) is 28.7 Å². The smallest absolute Gasteiger partial charge is 0.229 e. The molecule has 0 amide bonds. The van der Waals surface area contributed by atoms with Gasteiger partial charge in [-0.3, -0.25) is 0 Å². The van der Waals surface area contributed by atoms with Crippen molar-refractivity contribution in [2.75, 3.05) is 0 Å². The number of nitrogens with zero attached hydrogens (tertiary/aromatic N) is 4. The fourth-order valence-corrected chi connectivity index (χ4v) is 5.30. The van der Waals surface area contributed by atoms with Crippen LogP contribution >= 0.6 is 0 Å². The summed E-state index contributed by atoms with van der Waals surface area (Å²) in [6, 6.07) is 5.60. The Bertz CT molecular complexity index is 1100. The lowest BCUT2D eigenvalue weighted by molar-refractivity contribution is 0.202. The van der Waals surface area contributed by atoms with E-state index in [1.807, 2.05) is 13.8 Å². The first-order chi connectivity index (χ1) is 13.8. The second-order valence-corrected chi connectivity index (χ2v) is 8.95. The first-order valence-electron chi connectivity index (χ1n) is 9.93. The van der Waals surface area contributed by atoms with Crippen molar-refractivity contribution in [3.8, 4) is 11.3 Å². The molecule has 1 saturated carbocycles. The van der Waals surface area contributed by atoms with Crippen molar-refractivity contribution < 1.29 is 13.2 Å². The van der Waals surface area contributed by atoms with Crippen LogP contribution in [0.25, 0.3) is 11.3 Å². The molecular weight excluding hydrogens is 374 g/mol. The molecular formula is C22H22F2N4O. The Morgan fingerprint density at radius 1 is 1.07 bits per heavy atom. The van der Waals surface area contributed by atoms with Crippen LogP contribution in [0.5, 0.6) is 0 Å². The van der Waals surface area contributed by atoms with Crippen molar-refractivity contribution in [2.24, 2.45) is 5.41 Å². The monoisotopic (exact) mass is 396 g/mol. The molecule has 0 spiro atoms. The molecule has 7 heteroatoms. The zero-order valence-electron chi connectivity index (χ0n) is 16.8. The standard InChI is InChI=1S/C22H22F2N4O/c1-11(2)19-27-28-20(29-19)22-9-8-13(21(22,3)4)12-10-16(25-26-18(12)22)17-14(23)6-5-7-15(17)24/h5-7,10-11,13H,8-9H2,1-4H3/t13-,22+/m0/s1. The van der Waals surface area contributed by atoms with Gasteiger partial charge in [-0.1, -0.05) is 33.8 Å². The van der Waals surface area contributed by atoms with Crippen LogP contribution in [0.1, 0.15) is 75.4 Å². The topological polar surface area (TPSA) is 64.7 Å². The summed E-state index contributed by atoms with van der Waals surface area (Å²) in [5, 5.41) is 17.3. The molecule has 0 saturated heterocycles. The summed E-state index contributed by atoms with van der Waals surface area (Å²) in [6.07, 6.45) is 1.75. The first-order valence-corrected chi connectivity index (χ1v) is 9.93. The van der Waals surface area contributed by atoms with Crippen molar-refractivity contribution in [3.63, 3.8) is 0 Å². The Labute approximate surface area is 167 Å². The summed E-state index contributed by atoms with van der Waals surface area (Å²) >= 11 is 0. The van der Waals surface area contributed by atoms with Crippen molar-refractivity contribution in [1.29, 1.82) is 0 Å². The Morgan fingerprint density at radius 3 is 2.45 bits per heavy atom. The van der Waals surface area contributed by atoms with E-state index in [9.17, 15) is 8.78 Å². The fourth-order valence-electron chi connectivity index (χ4n) is 5.30. The third-order valence-electron chi connectivity index (χ3n) is 6.90. The van der Waals surface area contributed by atoms with Gasteiger partial charge in [0.15, 0.2) is 0 Å². The molecule has 5 rings (SSSR count). The predicted molar refractivity (Wildman–Crippen MR) is 102 cm³/mol. The normalized spacial score (nSPS) is 24.3. The zero-order chi connectivity index (χ0) is 20.6. The zero-order valence-corrected chi connectivity index (χ0v) is 16.8. The van der Waals surface area contributed by atoms with Gasteiger partial charge in [-0.05, 0) is 47.9 Å². The molecule has 3 aromatic rings. The molecule has 2 atom stereocenters. The number of fused-ring (bicyclic) bond motifs is 5. The molecule has 0 N–H and O–H groups in total. The highest BCUT2D eigenvalue weighted by atomic mass is 19.1. The molecule has 2 aliphatic rings. The maximum atomic E-state index is 14.3. The fraction of sp³-hybridized carbons (Fsp3) is 0.455. The molecule has 1 aromatic carbocycles. The van der Waals surface area contributed by atoms with E-state index >= 15 is 0 Å². The second kappa shape index (κ2) is 5.90. The van der Waals surface area contributed by atoms with Crippen LogP contribution in [-0.4, -0.2) is 20.4 Å². The number of hydrogen-bond donors (Lipinski definition) is 0. The van der Waals surface area contributed by atoms with Crippen molar-refractivity contribution in [3.05, 3.63) is 58.9 Å². The van der Waals surface area contributed by atoms with Gasteiger partial charge in [-0.2, -0.15) is 5.10 Å². The van der Waals surface area contributed by atoms with Crippen LogP contribution in [-0.2, 0) is 5.41 Å². The molecule has 2 heterocycles. The number of hydrogen-bond acceptors (Lipinski definition) is 5. The summed E-state index contributed by atoms with van der Waals surface area (Å²) < 4.78 is 34.7. The van der Waals surface area contributed by atoms with Gasteiger partial charge in [0.25, 0.3) is 0 Å².